The van der Waals surface area contributed by atoms with E-state index in [1.165, 1.54) is 57.8 Å². The summed E-state index contributed by atoms with van der Waals surface area (Å²) in [6, 6.07) is 0. The van der Waals surface area contributed by atoms with Gasteiger partial charge >= 0.3 is 0 Å². The average molecular weight is 224 g/mol. The molecule has 2 fully saturated rings. The summed E-state index contributed by atoms with van der Waals surface area (Å²) < 4.78 is 0. The Bertz CT molecular complexity index is 181. The highest BCUT2D eigenvalue weighted by Crippen LogP contribution is 2.58. The third kappa shape index (κ3) is 3.06. The van der Waals surface area contributed by atoms with Gasteiger partial charge in [0.05, 0.1) is 0 Å². The molecule has 0 aromatic heterocycles. The van der Waals surface area contributed by atoms with Crippen molar-refractivity contribution >= 4 is 7.92 Å². The van der Waals surface area contributed by atoms with Crippen LogP contribution in [0.3, 0.4) is 0 Å². The number of rotatable bonds is 4. The van der Waals surface area contributed by atoms with Gasteiger partial charge in [-0.2, -0.15) is 0 Å². The zero-order valence-corrected chi connectivity index (χ0v) is 11.0. The lowest BCUT2D eigenvalue weighted by atomic mass is 10.4. The Balaban J connectivity index is 1.97. The second kappa shape index (κ2) is 6.04. The maximum atomic E-state index is 2.64. The second-order valence-electron chi connectivity index (χ2n) is 5.12. The van der Waals surface area contributed by atoms with E-state index in [1.54, 1.807) is 0 Å². The van der Waals surface area contributed by atoms with Crippen molar-refractivity contribution in [2.24, 2.45) is 0 Å². The van der Waals surface area contributed by atoms with Crippen LogP contribution in [0.2, 0.25) is 0 Å². The molecule has 0 atom stereocenters. The lowest BCUT2D eigenvalue weighted by Gasteiger charge is -2.27. The van der Waals surface area contributed by atoms with E-state index in [9.17, 15) is 0 Å². The van der Waals surface area contributed by atoms with Gasteiger partial charge in [-0.05, 0) is 43.4 Å². The van der Waals surface area contributed by atoms with Gasteiger partial charge in [-0.1, -0.05) is 52.4 Å². The quantitative estimate of drug-likeness (QED) is 0.570. The molecule has 0 nitrogen and oxygen atoms in total. The van der Waals surface area contributed by atoms with Crippen LogP contribution in [0.5, 0.6) is 0 Å². The van der Waals surface area contributed by atoms with E-state index in [0.717, 1.165) is 11.3 Å². The van der Waals surface area contributed by atoms with E-state index in [4.69, 9.17) is 0 Å². The van der Waals surface area contributed by atoms with Crippen LogP contribution in [0.1, 0.15) is 64.7 Å². The van der Waals surface area contributed by atoms with Crippen molar-refractivity contribution in [1.82, 2.24) is 0 Å². The van der Waals surface area contributed by atoms with Crippen molar-refractivity contribution in [3.05, 3.63) is 11.9 Å². The van der Waals surface area contributed by atoms with E-state index in [0.29, 0.717) is 0 Å². The standard InChI is InChI=1S/C14H25P/c1-2-3-12-15(13-8-4-5-9-13)14-10-6-7-11-14/h3,12-14H,2,4-11H2,1H3. The summed E-state index contributed by atoms with van der Waals surface area (Å²) in [6.45, 7) is 2.27. The van der Waals surface area contributed by atoms with Crippen LogP contribution >= 0.6 is 7.92 Å². The van der Waals surface area contributed by atoms with Crippen LogP contribution in [0, 0.1) is 0 Å². The fraction of sp³-hybridized carbons (Fsp3) is 0.857. The fourth-order valence-electron chi connectivity index (χ4n) is 3.17. The summed E-state index contributed by atoms with van der Waals surface area (Å²) in [5.74, 6) is 2.64. The molecule has 0 aromatic carbocycles. The molecule has 86 valence electrons. The van der Waals surface area contributed by atoms with Crippen molar-refractivity contribution in [3.63, 3.8) is 0 Å². The average Bonchev–Trinajstić information content (AvgIpc) is 2.90. The van der Waals surface area contributed by atoms with Crippen molar-refractivity contribution in [2.75, 3.05) is 0 Å². The van der Waals surface area contributed by atoms with Gasteiger partial charge in [0.2, 0.25) is 0 Å². The van der Waals surface area contributed by atoms with Crippen LogP contribution in [0.4, 0.5) is 0 Å². The zero-order valence-electron chi connectivity index (χ0n) is 10.1. The van der Waals surface area contributed by atoms with Gasteiger partial charge in [-0.15, -0.1) is 0 Å². The van der Waals surface area contributed by atoms with Crippen LogP contribution < -0.4 is 0 Å². The Hall–Kier alpha value is 0.170. The maximum Gasteiger partial charge on any atom is -0.0172 e. The lowest BCUT2D eigenvalue weighted by Crippen LogP contribution is -2.08. The molecule has 2 aliphatic carbocycles. The van der Waals surface area contributed by atoms with Crippen molar-refractivity contribution in [1.29, 1.82) is 0 Å². The third-order valence-corrected chi connectivity index (χ3v) is 7.28. The Morgan fingerprint density at radius 2 is 1.40 bits per heavy atom. The fourth-order valence-corrected chi connectivity index (χ4v) is 6.63. The van der Waals surface area contributed by atoms with Gasteiger partial charge in [0, 0.05) is 0 Å². The predicted molar refractivity (Wildman–Crippen MR) is 70.9 cm³/mol. The van der Waals surface area contributed by atoms with E-state index < -0.39 is 0 Å². The molecule has 2 aliphatic rings. The van der Waals surface area contributed by atoms with Crippen molar-refractivity contribution in [3.8, 4) is 0 Å². The summed E-state index contributed by atoms with van der Waals surface area (Å²) in [6.07, 6.45) is 15.9. The van der Waals surface area contributed by atoms with Crippen molar-refractivity contribution in [2.45, 2.75) is 76.0 Å². The van der Waals surface area contributed by atoms with Gasteiger partial charge in [0.1, 0.15) is 0 Å². The molecule has 0 heterocycles. The molecule has 0 N–H and O–H groups in total. The number of allylic oxidation sites excluding steroid dienone is 1. The van der Waals surface area contributed by atoms with Crippen LogP contribution in [-0.2, 0) is 0 Å². The Kier molecular flexibility index (Phi) is 4.69. The van der Waals surface area contributed by atoms with E-state index in [-0.39, 0.29) is 7.92 Å². The van der Waals surface area contributed by atoms with Gasteiger partial charge in [0.15, 0.2) is 0 Å². The molecule has 0 bridgehead atoms. The Morgan fingerprint density at radius 3 is 1.80 bits per heavy atom. The number of hydrogen-bond donors (Lipinski definition) is 0. The van der Waals surface area contributed by atoms with Gasteiger partial charge in [0.25, 0.3) is 0 Å². The molecular weight excluding hydrogens is 199 g/mol. The molecule has 1 heteroatoms. The molecule has 0 aromatic rings. The first-order valence-electron chi connectivity index (χ1n) is 6.86. The smallest absolute Gasteiger partial charge is 0.0172 e. The second-order valence-corrected chi connectivity index (χ2v) is 7.77. The molecule has 0 saturated heterocycles. The summed E-state index contributed by atoms with van der Waals surface area (Å²) in [7, 11) is 0.251. The summed E-state index contributed by atoms with van der Waals surface area (Å²) in [5, 5.41) is 0. The van der Waals surface area contributed by atoms with Gasteiger partial charge in [-0.25, -0.2) is 0 Å². The van der Waals surface area contributed by atoms with E-state index >= 15 is 0 Å². The Morgan fingerprint density at radius 1 is 0.933 bits per heavy atom. The molecule has 0 spiro atoms. The molecule has 2 rings (SSSR count). The summed E-state index contributed by atoms with van der Waals surface area (Å²) in [5.41, 5.74) is 2.21. The molecule has 0 radical (unpaired) electrons. The first kappa shape index (κ1) is 11.6. The topological polar surface area (TPSA) is 0 Å². The summed E-state index contributed by atoms with van der Waals surface area (Å²) in [4.78, 5) is 0. The number of hydrogen-bond acceptors (Lipinski definition) is 0. The maximum absolute atomic E-state index is 2.64. The van der Waals surface area contributed by atoms with Crippen LogP contribution in [0.15, 0.2) is 11.9 Å². The van der Waals surface area contributed by atoms with E-state index in [1.807, 2.05) is 0 Å². The normalized spacial score (nSPS) is 24.9. The molecule has 0 aliphatic heterocycles. The largest absolute Gasteiger partial charge is 0.0843 e. The Labute approximate surface area is 96.3 Å². The van der Waals surface area contributed by atoms with Crippen molar-refractivity contribution < 1.29 is 0 Å². The first-order valence-corrected chi connectivity index (χ1v) is 8.41. The van der Waals surface area contributed by atoms with E-state index in [2.05, 4.69) is 18.8 Å². The summed E-state index contributed by atoms with van der Waals surface area (Å²) >= 11 is 0. The lowest BCUT2D eigenvalue weighted by molar-refractivity contribution is 0.834. The molecule has 2 saturated carbocycles. The van der Waals surface area contributed by atoms with Crippen LogP contribution in [0.25, 0.3) is 0 Å². The minimum absolute atomic E-state index is 0.251. The third-order valence-electron chi connectivity index (χ3n) is 4.01. The highest BCUT2D eigenvalue weighted by Gasteiger charge is 2.30. The molecule has 0 unspecified atom stereocenters. The van der Waals surface area contributed by atoms with Gasteiger partial charge < -0.3 is 0 Å². The minimum Gasteiger partial charge on any atom is -0.0843 e. The molecular formula is C14H25P. The highest BCUT2D eigenvalue weighted by molar-refractivity contribution is 7.62. The monoisotopic (exact) mass is 224 g/mol. The predicted octanol–water partition coefficient (Wildman–Crippen LogP) is 5.28. The molecule has 15 heavy (non-hydrogen) atoms. The minimum atomic E-state index is 0.251. The highest BCUT2D eigenvalue weighted by atomic mass is 31.1. The first-order chi connectivity index (χ1) is 7.42. The zero-order chi connectivity index (χ0) is 10.5. The van der Waals surface area contributed by atoms with Gasteiger partial charge in [-0.3, -0.25) is 0 Å². The SMILES string of the molecule is CCC=CP(C1CCCC1)C1CCCC1. The van der Waals surface area contributed by atoms with Crippen LogP contribution in [-0.4, -0.2) is 11.3 Å². The molecule has 0 amide bonds.